The van der Waals surface area contributed by atoms with Crippen LogP contribution in [0.25, 0.3) is 0 Å². The molecule has 0 bridgehead atoms. The van der Waals surface area contributed by atoms with Crippen molar-refractivity contribution in [2.24, 2.45) is 5.92 Å². The van der Waals surface area contributed by atoms with Crippen molar-refractivity contribution in [3.8, 4) is 5.75 Å². The van der Waals surface area contributed by atoms with Crippen molar-refractivity contribution >= 4 is 0 Å². The molecule has 19 heavy (non-hydrogen) atoms. The topological polar surface area (TPSA) is 26.7 Å². The number of rotatable bonds is 4. The molecule has 3 nitrogen and oxygen atoms in total. The number of hydrogen-bond donors (Lipinski definition) is 1. The SMILES string of the molecule is CC(c1cc(F)ccc1O)N(C)CC1CCN(C)C1. The Bertz CT molecular complexity index is 438. The lowest BCUT2D eigenvalue weighted by molar-refractivity contribution is 0.216. The molecule has 0 spiro atoms. The molecule has 0 amide bonds. The van der Waals surface area contributed by atoms with Crippen LogP contribution in [0.2, 0.25) is 0 Å². The number of phenols is 1. The Hall–Kier alpha value is -1.13. The van der Waals surface area contributed by atoms with Gasteiger partial charge in [-0.15, -0.1) is 0 Å². The second kappa shape index (κ2) is 5.88. The number of hydrogen-bond acceptors (Lipinski definition) is 3. The van der Waals surface area contributed by atoms with Crippen LogP contribution in [0.4, 0.5) is 4.39 Å². The number of nitrogens with zero attached hydrogens (tertiary/aromatic N) is 2. The molecule has 2 atom stereocenters. The zero-order valence-electron chi connectivity index (χ0n) is 11.9. The van der Waals surface area contributed by atoms with E-state index in [1.54, 1.807) is 0 Å². The Kier molecular flexibility index (Phi) is 4.42. The molecular formula is C15H23FN2O. The lowest BCUT2D eigenvalue weighted by atomic mass is 10.0. The normalized spacial score (nSPS) is 22.1. The van der Waals surface area contributed by atoms with Crippen LogP contribution in [0.3, 0.4) is 0 Å². The summed E-state index contributed by atoms with van der Waals surface area (Å²) in [5.41, 5.74) is 0.661. The van der Waals surface area contributed by atoms with E-state index < -0.39 is 0 Å². The van der Waals surface area contributed by atoms with E-state index in [0.29, 0.717) is 11.5 Å². The summed E-state index contributed by atoms with van der Waals surface area (Å²) in [7, 11) is 4.18. The number of likely N-dealkylation sites (tertiary alicyclic amines) is 1. The fourth-order valence-electron chi connectivity index (χ4n) is 2.84. The van der Waals surface area contributed by atoms with Crippen LogP contribution in [0, 0.1) is 11.7 Å². The molecule has 0 saturated carbocycles. The summed E-state index contributed by atoms with van der Waals surface area (Å²) in [5, 5.41) is 9.86. The summed E-state index contributed by atoms with van der Waals surface area (Å²) in [6, 6.07) is 4.16. The predicted molar refractivity (Wildman–Crippen MR) is 74.7 cm³/mol. The summed E-state index contributed by atoms with van der Waals surface area (Å²) in [6.07, 6.45) is 1.21. The first kappa shape index (κ1) is 14.3. The molecule has 4 heteroatoms. The fourth-order valence-corrected chi connectivity index (χ4v) is 2.84. The molecule has 1 saturated heterocycles. The zero-order valence-corrected chi connectivity index (χ0v) is 11.9. The van der Waals surface area contributed by atoms with Crippen molar-refractivity contribution in [1.29, 1.82) is 0 Å². The molecule has 1 aliphatic heterocycles. The molecule has 0 radical (unpaired) electrons. The van der Waals surface area contributed by atoms with Crippen LogP contribution < -0.4 is 0 Å². The molecule has 0 aliphatic carbocycles. The summed E-state index contributed by atoms with van der Waals surface area (Å²) >= 11 is 0. The van der Waals surface area contributed by atoms with Gasteiger partial charge >= 0.3 is 0 Å². The largest absolute Gasteiger partial charge is 0.508 e. The molecule has 1 heterocycles. The van der Waals surface area contributed by atoms with Crippen molar-refractivity contribution in [1.82, 2.24) is 9.80 Å². The highest BCUT2D eigenvalue weighted by molar-refractivity contribution is 5.34. The Morgan fingerprint density at radius 3 is 2.89 bits per heavy atom. The first-order valence-corrected chi connectivity index (χ1v) is 6.84. The molecule has 0 aromatic heterocycles. The van der Waals surface area contributed by atoms with E-state index in [4.69, 9.17) is 0 Å². The molecule has 1 aromatic rings. The van der Waals surface area contributed by atoms with Gasteiger partial charge in [0, 0.05) is 24.7 Å². The van der Waals surface area contributed by atoms with Gasteiger partial charge in [-0.3, -0.25) is 4.90 Å². The maximum absolute atomic E-state index is 13.3. The maximum atomic E-state index is 13.3. The minimum atomic E-state index is -0.298. The molecule has 2 rings (SSSR count). The Morgan fingerprint density at radius 2 is 2.26 bits per heavy atom. The number of benzene rings is 1. The minimum Gasteiger partial charge on any atom is -0.508 e. The third kappa shape index (κ3) is 3.45. The highest BCUT2D eigenvalue weighted by Gasteiger charge is 2.24. The van der Waals surface area contributed by atoms with Crippen LogP contribution in [-0.2, 0) is 0 Å². The van der Waals surface area contributed by atoms with Crippen LogP contribution in [0.1, 0.15) is 24.9 Å². The highest BCUT2D eigenvalue weighted by atomic mass is 19.1. The monoisotopic (exact) mass is 266 g/mol. The smallest absolute Gasteiger partial charge is 0.123 e. The van der Waals surface area contributed by atoms with Crippen molar-refractivity contribution in [3.63, 3.8) is 0 Å². The lowest BCUT2D eigenvalue weighted by Gasteiger charge is -2.28. The minimum absolute atomic E-state index is 0.0154. The summed E-state index contributed by atoms with van der Waals surface area (Å²) in [6.45, 7) is 5.25. The van der Waals surface area contributed by atoms with Gasteiger partial charge in [-0.1, -0.05) is 0 Å². The summed E-state index contributed by atoms with van der Waals surface area (Å²) in [5.74, 6) is 0.533. The summed E-state index contributed by atoms with van der Waals surface area (Å²) < 4.78 is 13.3. The highest BCUT2D eigenvalue weighted by Crippen LogP contribution is 2.29. The van der Waals surface area contributed by atoms with E-state index in [2.05, 4.69) is 16.8 Å². The van der Waals surface area contributed by atoms with Crippen LogP contribution in [-0.4, -0.2) is 48.6 Å². The zero-order chi connectivity index (χ0) is 14.0. The molecule has 106 valence electrons. The van der Waals surface area contributed by atoms with Crippen molar-refractivity contribution in [2.75, 3.05) is 33.7 Å². The lowest BCUT2D eigenvalue weighted by Crippen LogP contribution is -2.29. The molecule has 1 N–H and O–H groups in total. The maximum Gasteiger partial charge on any atom is 0.123 e. The van der Waals surface area contributed by atoms with Crippen LogP contribution >= 0.6 is 0 Å². The number of halogens is 1. The predicted octanol–water partition coefficient (Wildman–Crippen LogP) is 2.48. The molecule has 1 aromatic carbocycles. The van der Waals surface area contributed by atoms with Gasteiger partial charge in [-0.05, 0) is 58.1 Å². The first-order valence-electron chi connectivity index (χ1n) is 6.84. The molecule has 2 unspecified atom stereocenters. The van der Waals surface area contributed by atoms with Gasteiger partial charge in [0.1, 0.15) is 11.6 Å². The van der Waals surface area contributed by atoms with Crippen molar-refractivity contribution in [3.05, 3.63) is 29.6 Å². The summed E-state index contributed by atoms with van der Waals surface area (Å²) in [4.78, 5) is 4.53. The van der Waals surface area contributed by atoms with Crippen molar-refractivity contribution < 1.29 is 9.50 Å². The average Bonchev–Trinajstić information content (AvgIpc) is 2.77. The Morgan fingerprint density at radius 1 is 1.53 bits per heavy atom. The van der Waals surface area contributed by atoms with Crippen LogP contribution in [0.5, 0.6) is 5.75 Å². The van der Waals surface area contributed by atoms with Gasteiger partial charge in [0.15, 0.2) is 0 Å². The van der Waals surface area contributed by atoms with Gasteiger partial charge < -0.3 is 10.0 Å². The number of aromatic hydroxyl groups is 1. The average molecular weight is 266 g/mol. The van der Waals surface area contributed by atoms with E-state index in [1.807, 2.05) is 14.0 Å². The van der Waals surface area contributed by atoms with E-state index in [9.17, 15) is 9.50 Å². The van der Waals surface area contributed by atoms with Gasteiger partial charge in [0.25, 0.3) is 0 Å². The van der Waals surface area contributed by atoms with Crippen LogP contribution in [0.15, 0.2) is 18.2 Å². The van der Waals surface area contributed by atoms with E-state index in [0.717, 1.165) is 19.6 Å². The Balaban J connectivity index is 2.02. The van der Waals surface area contributed by atoms with E-state index >= 15 is 0 Å². The second-order valence-corrected chi connectivity index (χ2v) is 5.74. The van der Waals surface area contributed by atoms with Crippen molar-refractivity contribution in [2.45, 2.75) is 19.4 Å². The quantitative estimate of drug-likeness (QED) is 0.907. The van der Waals surface area contributed by atoms with Gasteiger partial charge in [-0.2, -0.15) is 0 Å². The third-order valence-corrected chi connectivity index (χ3v) is 4.14. The molecular weight excluding hydrogens is 243 g/mol. The van der Waals surface area contributed by atoms with Gasteiger partial charge in [-0.25, -0.2) is 4.39 Å². The van der Waals surface area contributed by atoms with Gasteiger partial charge in [0.05, 0.1) is 0 Å². The third-order valence-electron chi connectivity index (χ3n) is 4.14. The number of phenolic OH excluding ortho intramolecular Hbond substituents is 1. The molecule has 1 aliphatic rings. The first-order chi connectivity index (χ1) is 8.97. The standard InChI is InChI=1S/C15H23FN2O/c1-11(14-8-13(16)4-5-15(14)19)18(3)10-12-6-7-17(2)9-12/h4-5,8,11-12,19H,6-7,9-10H2,1-3H3. The fraction of sp³-hybridized carbons (Fsp3) is 0.600. The molecule has 1 fully saturated rings. The van der Waals surface area contributed by atoms with Gasteiger partial charge in [0.2, 0.25) is 0 Å². The van der Waals surface area contributed by atoms with E-state index in [-0.39, 0.29) is 17.6 Å². The van der Waals surface area contributed by atoms with E-state index in [1.165, 1.54) is 24.6 Å². The Labute approximate surface area is 114 Å². The second-order valence-electron chi connectivity index (χ2n) is 5.74.